The van der Waals surface area contributed by atoms with E-state index in [1.807, 2.05) is 45.0 Å². The van der Waals surface area contributed by atoms with E-state index in [1.54, 1.807) is 12.1 Å². The molecule has 0 bridgehead atoms. The number of nitrogens with one attached hydrogen (secondary N) is 3. The molecule has 3 aromatic rings. The second kappa shape index (κ2) is 8.02. The zero-order valence-corrected chi connectivity index (χ0v) is 17.3. The molecule has 154 valence electrons. The summed E-state index contributed by atoms with van der Waals surface area (Å²) in [5.41, 5.74) is 5.39. The van der Waals surface area contributed by atoms with Crippen LogP contribution in [-0.4, -0.2) is 40.0 Å². The average molecular weight is 403 g/mol. The molecule has 0 aliphatic carbocycles. The van der Waals surface area contributed by atoms with Gasteiger partial charge in [0.2, 0.25) is 0 Å². The number of benzene rings is 2. The van der Waals surface area contributed by atoms with Gasteiger partial charge in [0, 0.05) is 29.9 Å². The molecule has 7 nitrogen and oxygen atoms in total. The Balaban J connectivity index is 1.59. The summed E-state index contributed by atoms with van der Waals surface area (Å²) >= 11 is 0. The van der Waals surface area contributed by atoms with Gasteiger partial charge in [-0.2, -0.15) is 4.98 Å². The first-order valence-electron chi connectivity index (χ1n) is 9.93. The Morgan fingerprint density at radius 1 is 1.10 bits per heavy atom. The number of nitrogens with zero attached hydrogens (tertiary/aromatic N) is 2. The third kappa shape index (κ3) is 4.20. The molecule has 4 rings (SSSR count). The Hall–Kier alpha value is -3.61. The third-order valence-corrected chi connectivity index (χ3v) is 5.27. The number of amidine groups is 1. The Labute approximate surface area is 174 Å². The lowest BCUT2D eigenvalue weighted by atomic mass is 10.0. The number of H-pyrrole nitrogens is 1. The first kappa shape index (κ1) is 19.7. The molecule has 0 spiro atoms. The smallest absolute Gasteiger partial charge is 0.345 e. The highest BCUT2D eigenvalue weighted by molar-refractivity contribution is 5.81. The SMILES string of the molecule is CC1=NC(CNc2ccc(-c3cc(-c4ccc(O)c(C)c4)nc(=O)[nH]3)c(C)c2)CN1. The summed E-state index contributed by atoms with van der Waals surface area (Å²) in [5.74, 6) is 1.20. The van der Waals surface area contributed by atoms with Gasteiger partial charge in [0.25, 0.3) is 0 Å². The second-order valence-electron chi connectivity index (χ2n) is 7.65. The first-order chi connectivity index (χ1) is 14.4. The highest BCUT2D eigenvalue weighted by Crippen LogP contribution is 2.28. The number of rotatable bonds is 5. The molecule has 1 unspecified atom stereocenters. The minimum absolute atomic E-state index is 0.219. The van der Waals surface area contributed by atoms with Gasteiger partial charge < -0.3 is 20.7 Å². The van der Waals surface area contributed by atoms with Crippen molar-refractivity contribution in [3.8, 4) is 28.3 Å². The van der Waals surface area contributed by atoms with Gasteiger partial charge in [0.1, 0.15) is 5.75 Å². The van der Waals surface area contributed by atoms with Gasteiger partial charge in [0.15, 0.2) is 0 Å². The quantitative estimate of drug-likeness (QED) is 0.524. The summed E-state index contributed by atoms with van der Waals surface area (Å²) in [4.78, 5) is 23.7. The Morgan fingerprint density at radius 3 is 2.63 bits per heavy atom. The Kier molecular flexibility index (Phi) is 5.27. The van der Waals surface area contributed by atoms with Crippen LogP contribution in [0, 0.1) is 13.8 Å². The van der Waals surface area contributed by atoms with Crippen molar-refractivity contribution >= 4 is 11.5 Å². The fraction of sp³-hybridized carbons (Fsp3) is 0.261. The summed E-state index contributed by atoms with van der Waals surface area (Å²) in [5, 5.41) is 16.4. The monoisotopic (exact) mass is 403 g/mol. The van der Waals surface area contributed by atoms with Crippen molar-refractivity contribution in [3.05, 3.63) is 64.1 Å². The number of aryl methyl sites for hydroxylation is 2. The molecule has 0 saturated heterocycles. The molecule has 30 heavy (non-hydrogen) atoms. The van der Waals surface area contributed by atoms with Crippen molar-refractivity contribution < 1.29 is 5.11 Å². The second-order valence-corrected chi connectivity index (χ2v) is 7.65. The van der Waals surface area contributed by atoms with Crippen LogP contribution in [0.2, 0.25) is 0 Å². The van der Waals surface area contributed by atoms with Crippen molar-refractivity contribution in [1.29, 1.82) is 0 Å². The number of anilines is 1. The van der Waals surface area contributed by atoms with Crippen LogP contribution in [0.4, 0.5) is 5.69 Å². The number of hydrogen-bond donors (Lipinski definition) is 4. The van der Waals surface area contributed by atoms with E-state index < -0.39 is 5.69 Å². The van der Waals surface area contributed by atoms with Gasteiger partial charge in [-0.3, -0.25) is 4.99 Å². The van der Waals surface area contributed by atoms with Crippen molar-refractivity contribution in [2.75, 3.05) is 18.4 Å². The number of aliphatic imine (C=N–C) groups is 1. The van der Waals surface area contributed by atoms with Crippen LogP contribution in [0.25, 0.3) is 22.5 Å². The molecular weight excluding hydrogens is 378 g/mol. The molecule has 4 N–H and O–H groups in total. The molecule has 1 aliphatic heterocycles. The van der Waals surface area contributed by atoms with E-state index in [2.05, 4.69) is 31.7 Å². The predicted molar refractivity (Wildman–Crippen MR) is 120 cm³/mol. The van der Waals surface area contributed by atoms with Crippen LogP contribution in [0.5, 0.6) is 5.75 Å². The van der Waals surface area contributed by atoms with E-state index in [1.165, 1.54) is 0 Å². The molecule has 7 heteroatoms. The molecule has 0 saturated carbocycles. The third-order valence-electron chi connectivity index (χ3n) is 5.27. The summed E-state index contributed by atoms with van der Waals surface area (Å²) in [6, 6.07) is 13.4. The van der Waals surface area contributed by atoms with Crippen LogP contribution < -0.4 is 16.3 Å². The van der Waals surface area contributed by atoms with Gasteiger partial charge >= 0.3 is 5.69 Å². The van der Waals surface area contributed by atoms with E-state index in [-0.39, 0.29) is 11.8 Å². The minimum Gasteiger partial charge on any atom is -0.508 e. The van der Waals surface area contributed by atoms with E-state index >= 15 is 0 Å². The number of aromatic nitrogens is 2. The van der Waals surface area contributed by atoms with Gasteiger partial charge in [0.05, 0.1) is 23.3 Å². The predicted octanol–water partition coefficient (Wildman–Crippen LogP) is 3.23. The maximum atomic E-state index is 12.2. The van der Waals surface area contributed by atoms with E-state index in [0.29, 0.717) is 11.4 Å². The number of aromatic amines is 1. The van der Waals surface area contributed by atoms with Crippen molar-refractivity contribution in [1.82, 2.24) is 15.3 Å². The maximum absolute atomic E-state index is 12.2. The molecule has 2 heterocycles. The summed E-state index contributed by atoms with van der Waals surface area (Å²) in [7, 11) is 0. The van der Waals surface area contributed by atoms with E-state index in [4.69, 9.17) is 0 Å². The van der Waals surface area contributed by atoms with Crippen LogP contribution in [0.15, 0.2) is 52.3 Å². The number of hydrogen-bond acceptors (Lipinski definition) is 6. The summed E-state index contributed by atoms with van der Waals surface area (Å²) in [6.07, 6.45) is 0. The van der Waals surface area contributed by atoms with Crippen LogP contribution in [-0.2, 0) is 0 Å². The van der Waals surface area contributed by atoms with Crippen molar-refractivity contribution in [3.63, 3.8) is 0 Å². The molecule has 1 aromatic heterocycles. The number of phenols is 1. The summed E-state index contributed by atoms with van der Waals surface area (Å²) in [6.45, 7) is 7.43. The normalized spacial score (nSPS) is 15.6. The fourth-order valence-corrected chi connectivity index (χ4v) is 3.63. The van der Waals surface area contributed by atoms with Crippen LogP contribution in [0.3, 0.4) is 0 Å². The van der Waals surface area contributed by atoms with Gasteiger partial charge in [-0.25, -0.2) is 4.79 Å². The molecule has 2 aromatic carbocycles. The zero-order valence-electron chi connectivity index (χ0n) is 17.3. The van der Waals surface area contributed by atoms with Gasteiger partial charge in [-0.15, -0.1) is 0 Å². The number of aromatic hydroxyl groups is 1. The topological polar surface area (TPSA) is 102 Å². The molecular formula is C23H25N5O2. The van der Waals surface area contributed by atoms with E-state index in [9.17, 15) is 9.90 Å². The van der Waals surface area contributed by atoms with Gasteiger partial charge in [-0.05, 0) is 68.3 Å². The lowest BCUT2D eigenvalue weighted by Gasteiger charge is -2.13. The van der Waals surface area contributed by atoms with Crippen LogP contribution >= 0.6 is 0 Å². The van der Waals surface area contributed by atoms with Crippen molar-refractivity contribution in [2.45, 2.75) is 26.8 Å². The van der Waals surface area contributed by atoms with Gasteiger partial charge in [-0.1, -0.05) is 6.07 Å². The molecule has 0 radical (unpaired) electrons. The molecule has 1 aliphatic rings. The maximum Gasteiger partial charge on any atom is 0.345 e. The lowest BCUT2D eigenvalue weighted by molar-refractivity contribution is 0.471. The molecule has 0 fully saturated rings. The Bertz CT molecular complexity index is 1180. The fourth-order valence-electron chi connectivity index (χ4n) is 3.63. The van der Waals surface area contributed by atoms with Crippen LogP contribution in [0.1, 0.15) is 18.1 Å². The highest BCUT2D eigenvalue weighted by atomic mass is 16.3. The first-order valence-corrected chi connectivity index (χ1v) is 9.93. The standard InChI is InChI=1S/C23H25N5O2/c1-13-9-17(25-12-18-11-24-15(3)26-18)5-6-19(13)21-10-20(27-23(30)28-21)16-4-7-22(29)14(2)8-16/h4-10,18,25,29H,11-12H2,1-3H3,(H,24,26)(H,27,28,30). The number of phenolic OH excluding ortho intramolecular Hbond substituents is 1. The molecule has 0 amide bonds. The van der Waals surface area contributed by atoms with Crippen molar-refractivity contribution in [2.24, 2.45) is 4.99 Å². The lowest BCUT2D eigenvalue weighted by Crippen LogP contribution is -2.24. The minimum atomic E-state index is -0.406. The molecule has 1 atom stereocenters. The Morgan fingerprint density at radius 2 is 1.93 bits per heavy atom. The highest BCUT2D eigenvalue weighted by Gasteiger charge is 2.14. The summed E-state index contributed by atoms with van der Waals surface area (Å²) < 4.78 is 0. The zero-order chi connectivity index (χ0) is 21.3. The van der Waals surface area contributed by atoms with E-state index in [0.717, 1.165) is 46.9 Å². The average Bonchev–Trinajstić information content (AvgIpc) is 3.13. The largest absolute Gasteiger partial charge is 0.508 e.